The number of carbonyl (C=O) groups excluding carboxylic acids is 3. The Balaban J connectivity index is 4.16. The van der Waals surface area contributed by atoms with E-state index >= 15 is 0 Å². The molecule has 0 aliphatic carbocycles. The lowest BCUT2D eigenvalue weighted by molar-refractivity contribution is -0.167. The first kappa shape index (κ1) is 51.4. The Bertz CT molecular complexity index is 811. The van der Waals surface area contributed by atoms with Crippen LogP contribution in [-0.2, 0) is 28.6 Å². The minimum Gasteiger partial charge on any atom is -0.462 e. The molecule has 1 unspecified atom stereocenters. The maximum atomic E-state index is 12.7. The number of hydrogen-bond acceptors (Lipinski definition) is 6. The van der Waals surface area contributed by atoms with Crippen LogP contribution in [0.25, 0.3) is 0 Å². The minimum atomic E-state index is -0.759. The molecule has 0 saturated carbocycles. The van der Waals surface area contributed by atoms with Crippen molar-refractivity contribution in [1.82, 2.24) is 0 Å². The highest BCUT2D eigenvalue weighted by Crippen LogP contribution is 2.17. The minimum absolute atomic E-state index is 0.0659. The Hall–Kier alpha value is -1.59. The van der Waals surface area contributed by atoms with Gasteiger partial charge in [0.05, 0.1) is 0 Å². The van der Waals surface area contributed by atoms with E-state index in [1.165, 1.54) is 135 Å². The number of carbonyl (C=O) groups is 3. The topological polar surface area (TPSA) is 78.9 Å². The molecular weight excluding hydrogens is 661 g/mol. The van der Waals surface area contributed by atoms with Gasteiger partial charge in [-0.25, -0.2) is 0 Å². The van der Waals surface area contributed by atoms with E-state index in [2.05, 4.69) is 34.6 Å². The monoisotopic (exact) mass is 751 g/mol. The summed E-state index contributed by atoms with van der Waals surface area (Å²) in [6.45, 7) is 11.3. The number of hydrogen-bond donors (Lipinski definition) is 0. The van der Waals surface area contributed by atoms with Gasteiger partial charge in [-0.2, -0.15) is 0 Å². The van der Waals surface area contributed by atoms with Gasteiger partial charge < -0.3 is 14.2 Å². The van der Waals surface area contributed by atoms with E-state index in [1.807, 2.05) is 0 Å². The average molecular weight is 751 g/mol. The Morgan fingerprint density at radius 1 is 0.396 bits per heavy atom. The summed E-state index contributed by atoms with van der Waals surface area (Å²) >= 11 is 0. The summed E-state index contributed by atoms with van der Waals surface area (Å²) in [4.78, 5) is 37.5. The van der Waals surface area contributed by atoms with Crippen LogP contribution in [0.2, 0.25) is 0 Å². The van der Waals surface area contributed by atoms with Crippen LogP contribution in [0.4, 0.5) is 0 Å². The van der Waals surface area contributed by atoms with Crippen molar-refractivity contribution in [2.75, 3.05) is 13.2 Å². The molecule has 0 radical (unpaired) electrons. The zero-order valence-electron chi connectivity index (χ0n) is 36.1. The Labute approximate surface area is 329 Å². The second kappa shape index (κ2) is 40.1. The van der Waals surface area contributed by atoms with Gasteiger partial charge in [-0.05, 0) is 31.1 Å². The van der Waals surface area contributed by atoms with Gasteiger partial charge in [-0.15, -0.1) is 0 Å². The summed E-state index contributed by atoms with van der Waals surface area (Å²) in [5.74, 6) is 0.833. The molecule has 0 fully saturated rings. The van der Waals surface area contributed by atoms with Crippen molar-refractivity contribution < 1.29 is 28.6 Å². The van der Waals surface area contributed by atoms with Gasteiger partial charge in [0.25, 0.3) is 0 Å². The van der Waals surface area contributed by atoms with Crippen LogP contribution in [0.3, 0.4) is 0 Å². The third-order valence-corrected chi connectivity index (χ3v) is 10.8. The molecule has 0 aromatic rings. The van der Waals surface area contributed by atoms with Gasteiger partial charge in [-0.1, -0.05) is 214 Å². The summed E-state index contributed by atoms with van der Waals surface area (Å²) in [6.07, 6.45) is 38.3. The lowest BCUT2D eigenvalue weighted by Gasteiger charge is -2.18. The second-order valence-electron chi connectivity index (χ2n) is 16.8. The summed E-state index contributed by atoms with van der Waals surface area (Å²) in [7, 11) is 0. The molecule has 0 amide bonds. The number of unbranched alkanes of at least 4 members (excludes halogenated alkanes) is 25. The highest BCUT2D eigenvalue weighted by Gasteiger charge is 2.19. The molecule has 0 saturated heterocycles. The molecule has 0 spiro atoms. The van der Waals surface area contributed by atoms with Gasteiger partial charge in [0.2, 0.25) is 0 Å². The van der Waals surface area contributed by atoms with Gasteiger partial charge in [0.15, 0.2) is 6.10 Å². The molecular formula is C47H90O6. The summed E-state index contributed by atoms with van der Waals surface area (Å²) in [6, 6.07) is 0. The molecule has 0 aliphatic heterocycles. The van der Waals surface area contributed by atoms with Crippen molar-refractivity contribution in [1.29, 1.82) is 0 Å². The van der Waals surface area contributed by atoms with Crippen molar-refractivity contribution in [3.63, 3.8) is 0 Å². The molecule has 0 heterocycles. The maximum absolute atomic E-state index is 12.7. The molecule has 0 bridgehead atoms. The largest absolute Gasteiger partial charge is 0.462 e. The first-order valence-electron chi connectivity index (χ1n) is 23.3. The SMILES string of the molecule is CCCCCCCC(=O)OC[C@@H](COC(=O)CCCCCCCCCCCC(C)C)OC(=O)CCCCCCCCCCCCCCCCC(C)CC. The molecule has 53 heavy (non-hydrogen) atoms. The molecule has 0 aromatic carbocycles. The van der Waals surface area contributed by atoms with Crippen molar-refractivity contribution >= 4 is 17.9 Å². The summed E-state index contributed by atoms with van der Waals surface area (Å²) < 4.78 is 16.6. The number of ether oxygens (including phenoxy) is 3. The zero-order chi connectivity index (χ0) is 39.0. The van der Waals surface area contributed by atoms with Crippen LogP contribution >= 0.6 is 0 Å². The highest BCUT2D eigenvalue weighted by molar-refractivity contribution is 5.71. The fourth-order valence-electron chi connectivity index (χ4n) is 6.90. The highest BCUT2D eigenvalue weighted by atomic mass is 16.6. The van der Waals surface area contributed by atoms with Crippen LogP contribution < -0.4 is 0 Å². The molecule has 2 atom stereocenters. The third-order valence-electron chi connectivity index (χ3n) is 10.8. The maximum Gasteiger partial charge on any atom is 0.306 e. The van der Waals surface area contributed by atoms with Crippen molar-refractivity contribution in [3.05, 3.63) is 0 Å². The van der Waals surface area contributed by atoms with E-state index in [0.717, 1.165) is 76.0 Å². The zero-order valence-corrected chi connectivity index (χ0v) is 36.1. The van der Waals surface area contributed by atoms with Crippen LogP contribution in [0, 0.1) is 11.8 Å². The first-order chi connectivity index (χ1) is 25.8. The lowest BCUT2D eigenvalue weighted by Crippen LogP contribution is -2.30. The van der Waals surface area contributed by atoms with Gasteiger partial charge in [0, 0.05) is 19.3 Å². The number of esters is 3. The second-order valence-corrected chi connectivity index (χ2v) is 16.8. The van der Waals surface area contributed by atoms with Crippen LogP contribution in [0.5, 0.6) is 0 Å². The Morgan fingerprint density at radius 2 is 0.717 bits per heavy atom. The van der Waals surface area contributed by atoms with E-state index in [0.29, 0.717) is 19.3 Å². The Kier molecular flexibility index (Phi) is 38.9. The van der Waals surface area contributed by atoms with E-state index in [9.17, 15) is 14.4 Å². The molecule has 0 N–H and O–H groups in total. The number of rotatable bonds is 41. The molecule has 6 heteroatoms. The van der Waals surface area contributed by atoms with E-state index in [-0.39, 0.29) is 31.1 Å². The predicted molar refractivity (Wildman–Crippen MR) is 224 cm³/mol. The van der Waals surface area contributed by atoms with Crippen molar-refractivity contribution in [3.8, 4) is 0 Å². The molecule has 314 valence electrons. The van der Waals surface area contributed by atoms with E-state index in [1.54, 1.807) is 0 Å². The fourth-order valence-corrected chi connectivity index (χ4v) is 6.90. The smallest absolute Gasteiger partial charge is 0.306 e. The summed E-state index contributed by atoms with van der Waals surface area (Å²) in [5.41, 5.74) is 0. The van der Waals surface area contributed by atoms with E-state index < -0.39 is 6.10 Å². The van der Waals surface area contributed by atoms with Gasteiger partial charge in [-0.3, -0.25) is 14.4 Å². The molecule has 6 nitrogen and oxygen atoms in total. The molecule has 0 rings (SSSR count). The lowest BCUT2D eigenvalue weighted by atomic mass is 9.99. The molecule has 0 aromatic heterocycles. The fraction of sp³-hybridized carbons (Fsp3) is 0.936. The van der Waals surface area contributed by atoms with Gasteiger partial charge >= 0.3 is 17.9 Å². The van der Waals surface area contributed by atoms with Crippen molar-refractivity contribution in [2.45, 2.75) is 259 Å². The summed E-state index contributed by atoms with van der Waals surface area (Å²) in [5, 5.41) is 0. The van der Waals surface area contributed by atoms with Crippen molar-refractivity contribution in [2.24, 2.45) is 11.8 Å². The van der Waals surface area contributed by atoms with Crippen LogP contribution in [-0.4, -0.2) is 37.2 Å². The quantitative estimate of drug-likeness (QED) is 0.0352. The van der Waals surface area contributed by atoms with Gasteiger partial charge in [0.1, 0.15) is 13.2 Å². The first-order valence-corrected chi connectivity index (χ1v) is 23.3. The van der Waals surface area contributed by atoms with Crippen LogP contribution in [0.15, 0.2) is 0 Å². The molecule has 0 aliphatic rings. The normalized spacial score (nSPS) is 12.6. The predicted octanol–water partition coefficient (Wildman–Crippen LogP) is 14.6. The Morgan fingerprint density at radius 3 is 1.08 bits per heavy atom. The van der Waals surface area contributed by atoms with Crippen LogP contribution in [0.1, 0.15) is 253 Å². The van der Waals surface area contributed by atoms with E-state index in [4.69, 9.17) is 14.2 Å². The third kappa shape index (κ3) is 39.9. The standard InChI is InChI=1S/C47H90O6/c1-6-8-9-25-32-37-45(48)51-40-44(41-52-46(49)38-33-28-23-20-16-17-21-26-30-35-42(3)4)53-47(50)39-34-29-24-19-15-13-11-10-12-14-18-22-27-31-36-43(5)7-2/h42-44H,6-41H2,1-5H3/t43?,44-/m0/s1. The average Bonchev–Trinajstić information content (AvgIpc) is 3.14.